The maximum Gasteiger partial charge on any atom is 0.168 e. The Morgan fingerprint density at radius 1 is 1.16 bits per heavy atom. The number of anilines is 1. The molecule has 2 aromatic heterocycles. The Balaban J connectivity index is 2.38. The van der Waals surface area contributed by atoms with Crippen LogP contribution in [0.15, 0.2) is 30.3 Å². The second kappa shape index (κ2) is 4.35. The molecule has 0 aliphatic rings. The molecule has 5 heteroatoms. The number of nitrogens with two attached hydrogens (primary N) is 1. The molecule has 0 amide bonds. The monoisotopic (exact) mass is 253 g/mol. The van der Waals surface area contributed by atoms with Crippen molar-refractivity contribution in [3.63, 3.8) is 0 Å². The molecule has 5 nitrogen and oxygen atoms in total. The second-order valence-electron chi connectivity index (χ2n) is 4.40. The molecule has 0 atom stereocenters. The molecule has 3 rings (SSSR count). The van der Waals surface area contributed by atoms with Gasteiger partial charge in [-0.3, -0.25) is 0 Å². The number of para-hydroxylation sites is 1. The van der Waals surface area contributed by atoms with Crippen LogP contribution in [0.1, 0.15) is 18.4 Å². The first-order valence-electron chi connectivity index (χ1n) is 6.28. The molecule has 0 bridgehead atoms. The van der Waals surface area contributed by atoms with Gasteiger partial charge in [0.05, 0.1) is 16.8 Å². The van der Waals surface area contributed by atoms with E-state index in [1.54, 1.807) is 0 Å². The number of rotatable bonds is 2. The fraction of sp³-hybridized carbons (Fsp3) is 0.214. The second-order valence-corrected chi connectivity index (χ2v) is 4.40. The van der Waals surface area contributed by atoms with Crippen molar-refractivity contribution in [1.29, 1.82) is 0 Å². The van der Waals surface area contributed by atoms with Gasteiger partial charge in [0.25, 0.3) is 0 Å². The Morgan fingerprint density at radius 2 is 1.89 bits per heavy atom. The number of benzene rings is 1. The molecule has 0 saturated heterocycles. The van der Waals surface area contributed by atoms with E-state index in [1.807, 2.05) is 41.9 Å². The first-order valence-corrected chi connectivity index (χ1v) is 6.28. The van der Waals surface area contributed by atoms with Crippen molar-refractivity contribution in [2.75, 3.05) is 5.73 Å². The Morgan fingerprint density at radius 3 is 2.58 bits per heavy atom. The van der Waals surface area contributed by atoms with Crippen molar-refractivity contribution in [2.24, 2.45) is 0 Å². The highest BCUT2D eigenvalue weighted by molar-refractivity contribution is 5.89. The molecule has 0 radical (unpaired) electrons. The SMILES string of the molecule is CCc1nn(-c2ccccc2)c2nc(C)nc(N)c12. The average molecular weight is 253 g/mol. The molecular formula is C14H15N5. The van der Waals surface area contributed by atoms with Crippen LogP contribution in [0.3, 0.4) is 0 Å². The fourth-order valence-electron chi connectivity index (χ4n) is 2.22. The fourth-order valence-corrected chi connectivity index (χ4v) is 2.22. The summed E-state index contributed by atoms with van der Waals surface area (Å²) in [6.45, 7) is 3.89. The summed E-state index contributed by atoms with van der Waals surface area (Å²) in [5, 5.41) is 5.47. The van der Waals surface area contributed by atoms with Crippen LogP contribution in [-0.2, 0) is 6.42 Å². The van der Waals surface area contributed by atoms with Gasteiger partial charge in [-0.05, 0) is 25.5 Å². The van der Waals surface area contributed by atoms with E-state index >= 15 is 0 Å². The molecule has 0 aliphatic heterocycles. The lowest BCUT2D eigenvalue weighted by atomic mass is 10.2. The van der Waals surface area contributed by atoms with E-state index in [1.165, 1.54) is 0 Å². The van der Waals surface area contributed by atoms with Gasteiger partial charge in [-0.25, -0.2) is 14.6 Å². The summed E-state index contributed by atoms with van der Waals surface area (Å²) in [4.78, 5) is 8.72. The highest BCUT2D eigenvalue weighted by Gasteiger charge is 2.15. The van der Waals surface area contributed by atoms with Crippen LogP contribution in [0.5, 0.6) is 0 Å². The summed E-state index contributed by atoms with van der Waals surface area (Å²) < 4.78 is 1.83. The van der Waals surface area contributed by atoms with Gasteiger partial charge >= 0.3 is 0 Å². The van der Waals surface area contributed by atoms with Gasteiger partial charge < -0.3 is 5.73 Å². The van der Waals surface area contributed by atoms with Crippen LogP contribution in [0.2, 0.25) is 0 Å². The molecule has 3 aromatic rings. The van der Waals surface area contributed by atoms with E-state index in [0.717, 1.165) is 28.8 Å². The molecular weight excluding hydrogens is 238 g/mol. The van der Waals surface area contributed by atoms with E-state index in [0.29, 0.717) is 11.6 Å². The molecule has 0 unspecified atom stereocenters. The van der Waals surface area contributed by atoms with Crippen molar-refractivity contribution >= 4 is 16.9 Å². The Hall–Kier alpha value is -2.43. The van der Waals surface area contributed by atoms with E-state index in [4.69, 9.17) is 5.73 Å². The summed E-state index contributed by atoms with van der Waals surface area (Å²) >= 11 is 0. The lowest BCUT2D eigenvalue weighted by molar-refractivity contribution is 0.851. The van der Waals surface area contributed by atoms with Crippen LogP contribution in [0, 0.1) is 6.92 Å². The molecule has 2 heterocycles. The number of aryl methyl sites for hydroxylation is 2. The van der Waals surface area contributed by atoms with Gasteiger partial charge in [0.15, 0.2) is 5.65 Å². The third-order valence-electron chi connectivity index (χ3n) is 3.08. The molecule has 0 spiro atoms. The Kier molecular flexibility index (Phi) is 2.67. The van der Waals surface area contributed by atoms with Crippen molar-refractivity contribution in [2.45, 2.75) is 20.3 Å². The third-order valence-corrected chi connectivity index (χ3v) is 3.08. The van der Waals surface area contributed by atoms with Gasteiger partial charge in [0.2, 0.25) is 0 Å². The third kappa shape index (κ3) is 1.83. The maximum absolute atomic E-state index is 6.02. The predicted octanol–water partition coefficient (Wildman–Crippen LogP) is 2.27. The number of fused-ring (bicyclic) bond motifs is 1. The van der Waals surface area contributed by atoms with E-state index in [2.05, 4.69) is 22.0 Å². The van der Waals surface area contributed by atoms with Crippen LogP contribution in [0.4, 0.5) is 5.82 Å². The topological polar surface area (TPSA) is 69.6 Å². The van der Waals surface area contributed by atoms with Gasteiger partial charge in [-0.1, -0.05) is 25.1 Å². The summed E-state index contributed by atoms with van der Waals surface area (Å²) in [5.74, 6) is 1.16. The summed E-state index contributed by atoms with van der Waals surface area (Å²) in [6.07, 6.45) is 0.799. The van der Waals surface area contributed by atoms with E-state index in [-0.39, 0.29) is 0 Å². The molecule has 2 N–H and O–H groups in total. The van der Waals surface area contributed by atoms with Gasteiger partial charge in [0, 0.05) is 0 Å². The molecule has 0 aliphatic carbocycles. The molecule has 0 saturated carbocycles. The van der Waals surface area contributed by atoms with Crippen molar-refractivity contribution in [3.8, 4) is 5.69 Å². The summed E-state index contributed by atoms with van der Waals surface area (Å²) in [5.41, 5.74) is 8.70. The predicted molar refractivity (Wildman–Crippen MR) is 75.2 cm³/mol. The molecule has 19 heavy (non-hydrogen) atoms. The molecule has 0 fully saturated rings. The van der Waals surface area contributed by atoms with E-state index < -0.39 is 0 Å². The van der Waals surface area contributed by atoms with Gasteiger partial charge in [-0.2, -0.15) is 5.10 Å². The minimum atomic E-state index is 0.501. The minimum absolute atomic E-state index is 0.501. The Labute approximate surface area is 111 Å². The van der Waals surface area contributed by atoms with Gasteiger partial charge in [0.1, 0.15) is 11.6 Å². The summed E-state index contributed by atoms with van der Waals surface area (Å²) in [7, 11) is 0. The van der Waals surface area contributed by atoms with Gasteiger partial charge in [-0.15, -0.1) is 0 Å². The first-order chi connectivity index (χ1) is 9.20. The minimum Gasteiger partial charge on any atom is -0.383 e. The molecule has 96 valence electrons. The van der Waals surface area contributed by atoms with Crippen LogP contribution >= 0.6 is 0 Å². The van der Waals surface area contributed by atoms with Crippen molar-refractivity contribution in [3.05, 3.63) is 41.9 Å². The number of hydrogen-bond acceptors (Lipinski definition) is 4. The zero-order chi connectivity index (χ0) is 13.4. The lowest BCUT2D eigenvalue weighted by Gasteiger charge is -2.03. The zero-order valence-corrected chi connectivity index (χ0v) is 11.0. The largest absolute Gasteiger partial charge is 0.383 e. The highest BCUT2D eigenvalue weighted by Crippen LogP contribution is 2.25. The van der Waals surface area contributed by atoms with Crippen molar-refractivity contribution < 1.29 is 0 Å². The lowest BCUT2D eigenvalue weighted by Crippen LogP contribution is -2.01. The number of hydrogen-bond donors (Lipinski definition) is 1. The van der Waals surface area contributed by atoms with E-state index in [9.17, 15) is 0 Å². The zero-order valence-electron chi connectivity index (χ0n) is 11.0. The highest BCUT2D eigenvalue weighted by atomic mass is 15.3. The Bertz CT molecular complexity index is 730. The van der Waals surface area contributed by atoms with Crippen molar-refractivity contribution in [1.82, 2.24) is 19.7 Å². The quantitative estimate of drug-likeness (QED) is 0.760. The van der Waals surface area contributed by atoms with Crippen LogP contribution in [-0.4, -0.2) is 19.7 Å². The smallest absolute Gasteiger partial charge is 0.168 e. The molecule has 1 aromatic carbocycles. The summed E-state index contributed by atoms with van der Waals surface area (Å²) in [6, 6.07) is 9.93. The van der Waals surface area contributed by atoms with Crippen LogP contribution in [0.25, 0.3) is 16.7 Å². The number of aromatic nitrogens is 4. The average Bonchev–Trinajstić information content (AvgIpc) is 2.78. The first kappa shape index (κ1) is 11.6. The standard InChI is InChI=1S/C14H15N5/c1-3-11-12-13(15)16-9(2)17-14(12)19(18-11)10-7-5-4-6-8-10/h4-8H,3H2,1-2H3,(H2,15,16,17). The number of nitrogen functional groups attached to an aromatic ring is 1. The maximum atomic E-state index is 6.02. The normalized spacial score (nSPS) is 11.1. The van der Waals surface area contributed by atoms with Crippen LogP contribution < -0.4 is 5.73 Å². The number of nitrogens with zero attached hydrogens (tertiary/aromatic N) is 4.